The van der Waals surface area contributed by atoms with E-state index in [1.54, 1.807) is 13.8 Å². The first-order chi connectivity index (χ1) is 8.37. The van der Waals surface area contributed by atoms with E-state index in [1.807, 2.05) is 38.1 Å². The van der Waals surface area contributed by atoms with Gasteiger partial charge >= 0.3 is 5.97 Å². The molecule has 0 aromatic heterocycles. The van der Waals surface area contributed by atoms with Crippen LogP contribution < -0.4 is 0 Å². The molecule has 0 amide bonds. The van der Waals surface area contributed by atoms with Crippen LogP contribution in [0.5, 0.6) is 0 Å². The Morgan fingerprint density at radius 3 is 2.17 bits per heavy atom. The van der Waals surface area contributed by atoms with Crippen LogP contribution in [0.3, 0.4) is 0 Å². The molecule has 0 saturated carbocycles. The fourth-order valence-corrected chi connectivity index (χ4v) is 1.76. The number of ketones is 1. The summed E-state index contributed by atoms with van der Waals surface area (Å²) < 4.78 is 5.06. The van der Waals surface area contributed by atoms with Crippen LogP contribution in [0.4, 0.5) is 0 Å². The largest absolute Gasteiger partial charge is 0.465 e. The second-order valence-corrected chi connectivity index (χ2v) is 4.92. The molecule has 0 fully saturated rings. The lowest BCUT2D eigenvalue weighted by Crippen LogP contribution is -2.31. The van der Waals surface area contributed by atoms with Crippen LogP contribution in [-0.4, -0.2) is 18.4 Å². The third kappa shape index (κ3) is 3.42. The summed E-state index contributed by atoms with van der Waals surface area (Å²) in [5.74, 6) is -0.100. The zero-order valence-corrected chi connectivity index (χ0v) is 11.4. The molecule has 0 aliphatic rings. The summed E-state index contributed by atoms with van der Waals surface area (Å²) in [6, 6.07) is 7.54. The molecule has 18 heavy (non-hydrogen) atoms. The van der Waals surface area contributed by atoms with Gasteiger partial charge in [0.25, 0.3) is 0 Å². The Morgan fingerprint density at radius 1 is 1.17 bits per heavy atom. The van der Waals surface area contributed by atoms with Crippen molar-refractivity contribution in [1.82, 2.24) is 0 Å². The van der Waals surface area contributed by atoms with Gasteiger partial charge < -0.3 is 4.74 Å². The molecule has 3 nitrogen and oxygen atoms in total. The van der Waals surface area contributed by atoms with E-state index in [1.165, 1.54) is 0 Å². The first-order valence-electron chi connectivity index (χ1n) is 6.14. The number of esters is 1. The van der Waals surface area contributed by atoms with Crippen molar-refractivity contribution in [3.63, 3.8) is 0 Å². The predicted molar refractivity (Wildman–Crippen MR) is 70.5 cm³/mol. The van der Waals surface area contributed by atoms with Crippen molar-refractivity contribution in [2.75, 3.05) is 6.61 Å². The average molecular weight is 248 g/mol. The minimum Gasteiger partial charge on any atom is -0.465 e. The molecular formula is C15H20O3. The van der Waals surface area contributed by atoms with Gasteiger partial charge in [0.2, 0.25) is 0 Å². The van der Waals surface area contributed by atoms with Gasteiger partial charge in [0.15, 0.2) is 0 Å². The van der Waals surface area contributed by atoms with Crippen molar-refractivity contribution < 1.29 is 14.3 Å². The Labute approximate surface area is 108 Å². The molecule has 1 rings (SSSR count). The van der Waals surface area contributed by atoms with Crippen LogP contribution in [-0.2, 0) is 26.2 Å². The van der Waals surface area contributed by atoms with Crippen LogP contribution in [0.25, 0.3) is 0 Å². The van der Waals surface area contributed by atoms with E-state index >= 15 is 0 Å². The zero-order valence-electron chi connectivity index (χ0n) is 11.4. The van der Waals surface area contributed by atoms with Crippen LogP contribution >= 0.6 is 0 Å². The summed E-state index contributed by atoms with van der Waals surface area (Å²) in [5, 5.41) is 0. The molecule has 1 aromatic carbocycles. The lowest BCUT2D eigenvalue weighted by atomic mass is 9.84. The SMILES string of the molecule is CCOC(=O)C(C)(C)c1ccc(CC(C)=O)cc1. The molecule has 0 N–H and O–H groups in total. The number of carbonyl (C=O) groups excluding carboxylic acids is 2. The number of rotatable bonds is 5. The van der Waals surface area contributed by atoms with E-state index in [0.717, 1.165) is 11.1 Å². The summed E-state index contributed by atoms with van der Waals surface area (Å²) in [6.45, 7) is 7.42. The second kappa shape index (κ2) is 5.80. The van der Waals surface area contributed by atoms with Gasteiger partial charge in [-0.3, -0.25) is 9.59 Å². The lowest BCUT2D eigenvalue weighted by molar-refractivity contribution is -0.148. The summed E-state index contributed by atoms with van der Waals surface area (Å²) in [4.78, 5) is 22.9. The predicted octanol–water partition coefficient (Wildman–Crippen LogP) is 2.66. The maximum atomic E-state index is 11.9. The number of benzene rings is 1. The van der Waals surface area contributed by atoms with Crippen molar-refractivity contribution in [3.05, 3.63) is 35.4 Å². The highest BCUT2D eigenvalue weighted by Crippen LogP contribution is 2.25. The summed E-state index contributed by atoms with van der Waals surface area (Å²) in [6.07, 6.45) is 0.431. The van der Waals surface area contributed by atoms with Crippen LogP contribution in [0.15, 0.2) is 24.3 Å². The van der Waals surface area contributed by atoms with Gasteiger partial charge in [-0.05, 0) is 38.8 Å². The highest BCUT2D eigenvalue weighted by atomic mass is 16.5. The molecule has 0 unspecified atom stereocenters. The van der Waals surface area contributed by atoms with Gasteiger partial charge in [0.1, 0.15) is 5.78 Å². The molecule has 0 aliphatic carbocycles. The van der Waals surface area contributed by atoms with E-state index in [4.69, 9.17) is 4.74 Å². The monoisotopic (exact) mass is 248 g/mol. The van der Waals surface area contributed by atoms with Gasteiger partial charge in [-0.15, -0.1) is 0 Å². The molecule has 98 valence electrons. The average Bonchev–Trinajstić information content (AvgIpc) is 2.29. The van der Waals surface area contributed by atoms with E-state index in [0.29, 0.717) is 13.0 Å². The Balaban J connectivity index is 2.90. The van der Waals surface area contributed by atoms with Gasteiger partial charge in [-0.25, -0.2) is 0 Å². The third-order valence-electron chi connectivity index (χ3n) is 2.91. The Morgan fingerprint density at radius 2 is 1.72 bits per heavy atom. The van der Waals surface area contributed by atoms with Crippen LogP contribution in [0, 0.1) is 0 Å². The molecule has 0 saturated heterocycles. The van der Waals surface area contributed by atoms with Gasteiger partial charge in [-0.1, -0.05) is 24.3 Å². The number of hydrogen-bond donors (Lipinski definition) is 0. The molecule has 0 heterocycles. The van der Waals surface area contributed by atoms with Gasteiger partial charge in [0.05, 0.1) is 12.0 Å². The first-order valence-corrected chi connectivity index (χ1v) is 6.14. The standard InChI is InChI=1S/C15H20O3/c1-5-18-14(17)15(3,4)13-8-6-12(7-9-13)10-11(2)16/h6-9H,5,10H2,1-4H3. The quantitative estimate of drug-likeness (QED) is 0.752. The number of ether oxygens (including phenoxy) is 1. The molecule has 0 spiro atoms. The van der Waals surface area contributed by atoms with Crippen molar-refractivity contribution >= 4 is 11.8 Å². The Hall–Kier alpha value is -1.64. The minimum absolute atomic E-state index is 0.132. The third-order valence-corrected chi connectivity index (χ3v) is 2.91. The van der Waals surface area contributed by atoms with E-state index in [2.05, 4.69) is 0 Å². The summed E-state index contributed by atoms with van der Waals surface area (Å²) in [5.41, 5.74) is 1.20. The first kappa shape index (κ1) is 14.4. The smallest absolute Gasteiger partial charge is 0.315 e. The van der Waals surface area contributed by atoms with Crippen LogP contribution in [0.1, 0.15) is 38.8 Å². The number of Topliss-reactive ketones (excluding diaryl/α,β-unsaturated/α-hetero) is 1. The maximum Gasteiger partial charge on any atom is 0.315 e. The normalized spacial score (nSPS) is 11.1. The molecule has 0 aliphatic heterocycles. The molecule has 0 bridgehead atoms. The highest BCUT2D eigenvalue weighted by molar-refractivity contribution is 5.82. The fraction of sp³-hybridized carbons (Fsp3) is 0.467. The van der Waals surface area contributed by atoms with Crippen molar-refractivity contribution in [2.24, 2.45) is 0 Å². The fourth-order valence-electron chi connectivity index (χ4n) is 1.76. The topological polar surface area (TPSA) is 43.4 Å². The van der Waals surface area contributed by atoms with Crippen molar-refractivity contribution in [1.29, 1.82) is 0 Å². The van der Waals surface area contributed by atoms with Crippen molar-refractivity contribution in [3.8, 4) is 0 Å². The van der Waals surface area contributed by atoms with E-state index < -0.39 is 5.41 Å². The number of hydrogen-bond acceptors (Lipinski definition) is 3. The van der Waals surface area contributed by atoms with Gasteiger partial charge in [-0.2, -0.15) is 0 Å². The van der Waals surface area contributed by atoms with E-state index in [9.17, 15) is 9.59 Å². The van der Waals surface area contributed by atoms with Gasteiger partial charge in [0, 0.05) is 6.42 Å². The Kier molecular flexibility index (Phi) is 4.65. The molecule has 0 atom stereocenters. The molecule has 0 radical (unpaired) electrons. The molecular weight excluding hydrogens is 228 g/mol. The second-order valence-electron chi connectivity index (χ2n) is 4.92. The Bertz CT molecular complexity index is 430. The molecule has 1 aromatic rings. The lowest BCUT2D eigenvalue weighted by Gasteiger charge is -2.23. The number of carbonyl (C=O) groups is 2. The highest BCUT2D eigenvalue weighted by Gasteiger charge is 2.31. The van der Waals surface area contributed by atoms with Crippen LogP contribution in [0.2, 0.25) is 0 Å². The summed E-state index contributed by atoms with van der Waals surface area (Å²) >= 11 is 0. The molecule has 3 heteroatoms. The van der Waals surface area contributed by atoms with Crippen molar-refractivity contribution in [2.45, 2.75) is 39.5 Å². The maximum absolute atomic E-state index is 11.9. The zero-order chi connectivity index (χ0) is 13.8. The minimum atomic E-state index is -0.662. The summed E-state index contributed by atoms with van der Waals surface area (Å²) in [7, 11) is 0. The van der Waals surface area contributed by atoms with E-state index in [-0.39, 0.29) is 11.8 Å².